The maximum atomic E-state index is 13.1. The van der Waals surface area contributed by atoms with Gasteiger partial charge in [0, 0.05) is 11.6 Å². The van der Waals surface area contributed by atoms with Crippen LogP contribution in [0.4, 0.5) is 13.2 Å². The van der Waals surface area contributed by atoms with Gasteiger partial charge in [-0.05, 0) is 58.5 Å². The van der Waals surface area contributed by atoms with E-state index in [-0.39, 0.29) is 5.41 Å². The van der Waals surface area contributed by atoms with Crippen LogP contribution in [0.3, 0.4) is 0 Å². The quantitative estimate of drug-likeness (QED) is 0.417. The van der Waals surface area contributed by atoms with Gasteiger partial charge in [0.2, 0.25) is 0 Å². The number of ether oxygens (including phenoxy) is 1. The Hall–Kier alpha value is -3.54. The number of hydrogen-bond acceptors (Lipinski definition) is 2. The molecule has 0 aromatic heterocycles. The molecule has 0 heterocycles. The van der Waals surface area contributed by atoms with E-state index in [2.05, 4.69) is 20.8 Å². The Morgan fingerprint density at radius 3 is 2.12 bits per heavy atom. The molecule has 32 heavy (non-hydrogen) atoms. The third kappa shape index (κ3) is 5.78. The molecule has 0 radical (unpaired) electrons. The van der Waals surface area contributed by atoms with Crippen molar-refractivity contribution in [3.05, 3.63) is 89.5 Å². The van der Waals surface area contributed by atoms with E-state index in [1.165, 1.54) is 12.1 Å². The standard InChI is InChI=1S/C26H23F3O3/c1-25(2,3)20-10-12-22(13-11-20)32-23-16-19(8-7-17(23)9-14-24(30)31)18-5-4-6-21(15-18)26(27,28)29/h4-16H,1-3H3,(H,30,31). The molecule has 0 spiro atoms. The van der Waals surface area contributed by atoms with Crippen LogP contribution in [0.5, 0.6) is 11.5 Å². The molecule has 0 fully saturated rings. The molecular weight excluding hydrogens is 417 g/mol. The maximum Gasteiger partial charge on any atom is 0.416 e. The second-order valence-corrected chi connectivity index (χ2v) is 8.38. The van der Waals surface area contributed by atoms with E-state index in [4.69, 9.17) is 9.84 Å². The summed E-state index contributed by atoms with van der Waals surface area (Å²) in [6.07, 6.45) is -2.08. The molecule has 0 bridgehead atoms. The molecule has 0 atom stereocenters. The van der Waals surface area contributed by atoms with E-state index in [1.54, 1.807) is 24.3 Å². The molecule has 166 valence electrons. The Morgan fingerprint density at radius 1 is 0.875 bits per heavy atom. The monoisotopic (exact) mass is 440 g/mol. The highest BCUT2D eigenvalue weighted by Crippen LogP contribution is 2.35. The third-order valence-corrected chi connectivity index (χ3v) is 4.89. The summed E-state index contributed by atoms with van der Waals surface area (Å²) in [5.74, 6) is -0.252. The number of carboxylic acids is 1. The lowest BCUT2D eigenvalue weighted by molar-refractivity contribution is -0.137. The predicted octanol–water partition coefficient (Wildman–Crippen LogP) is 7.56. The average molecular weight is 440 g/mol. The minimum absolute atomic E-state index is 0.0304. The fourth-order valence-electron chi connectivity index (χ4n) is 3.13. The normalized spacial score (nSPS) is 12.2. The number of hydrogen-bond donors (Lipinski definition) is 1. The van der Waals surface area contributed by atoms with E-state index in [0.717, 1.165) is 23.8 Å². The van der Waals surface area contributed by atoms with Crippen LogP contribution < -0.4 is 4.74 Å². The number of carbonyl (C=O) groups is 1. The van der Waals surface area contributed by atoms with Gasteiger partial charge in [-0.15, -0.1) is 0 Å². The Balaban J connectivity index is 2.01. The van der Waals surface area contributed by atoms with Crippen LogP contribution in [-0.4, -0.2) is 11.1 Å². The van der Waals surface area contributed by atoms with Crippen LogP contribution in [-0.2, 0) is 16.4 Å². The molecule has 3 aromatic carbocycles. The third-order valence-electron chi connectivity index (χ3n) is 4.89. The molecular formula is C26H23F3O3. The molecule has 0 aliphatic rings. The molecule has 0 aliphatic carbocycles. The van der Waals surface area contributed by atoms with Crippen LogP contribution in [0, 0.1) is 0 Å². The zero-order valence-corrected chi connectivity index (χ0v) is 17.9. The van der Waals surface area contributed by atoms with Gasteiger partial charge in [-0.2, -0.15) is 13.2 Å². The van der Waals surface area contributed by atoms with Gasteiger partial charge >= 0.3 is 12.1 Å². The summed E-state index contributed by atoms with van der Waals surface area (Å²) < 4.78 is 45.4. The zero-order valence-electron chi connectivity index (χ0n) is 17.9. The topological polar surface area (TPSA) is 46.5 Å². The molecule has 0 unspecified atom stereocenters. The fourth-order valence-corrected chi connectivity index (χ4v) is 3.13. The lowest BCUT2D eigenvalue weighted by Crippen LogP contribution is -2.10. The summed E-state index contributed by atoms with van der Waals surface area (Å²) in [4.78, 5) is 11.0. The molecule has 0 saturated heterocycles. The van der Waals surface area contributed by atoms with Crippen molar-refractivity contribution in [2.24, 2.45) is 0 Å². The van der Waals surface area contributed by atoms with Gasteiger partial charge in [0.25, 0.3) is 0 Å². The van der Waals surface area contributed by atoms with Crippen LogP contribution in [0.2, 0.25) is 0 Å². The Labute approximate surface area is 184 Å². The lowest BCUT2D eigenvalue weighted by atomic mass is 9.87. The zero-order chi connectivity index (χ0) is 23.5. The van der Waals surface area contributed by atoms with Crippen LogP contribution in [0.1, 0.15) is 37.5 Å². The first-order valence-corrected chi connectivity index (χ1v) is 9.94. The van der Waals surface area contributed by atoms with E-state index in [0.29, 0.717) is 28.2 Å². The highest BCUT2D eigenvalue weighted by molar-refractivity contribution is 5.86. The second-order valence-electron chi connectivity index (χ2n) is 8.38. The van der Waals surface area contributed by atoms with Gasteiger partial charge in [0.1, 0.15) is 11.5 Å². The van der Waals surface area contributed by atoms with Crippen LogP contribution in [0.25, 0.3) is 17.2 Å². The minimum atomic E-state index is -4.45. The number of rotatable bonds is 5. The highest BCUT2D eigenvalue weighted by Gasteiger charge is 2.30. The van der Waals surface area contributed by atoms with Crippen molar-refractivity contribution in [3.8, 4) is 22.6 Å². The Morgan fingerprint density at radius 2 is 1.53 bits per heavy atom. The van der Waals surface area contributed by atoms with Crippen LogP contribution in [0.15, 0.2) is 72.8 Å². The van der Waals surface area contributed by atoms with Gasteiger partial charge in [0.15, 0.2) is 0 Å². The summed E-state index contributed by atoms with van der Waals surface area (Å²) in [5, 5.41) is 8.97. The van der Waals surface area contributed by atoms with Crippen molar-refractivity contribution >= 4 is 12.0 Å². The average Bonchev–Trinajstić information content (AvgIpc) is 2.72. The molecule has 3 rings (SSSR count). The van der Waals surface area contributed by atoms with Crippen molar-refractivity contribution in [2.45, 2.75) is 32.4 Å². The second kappa shape index (κ2) is 8.91. The summed E-state index contributed by atoms with van der Waals surface area (Å²) in [6, 6.07) is 17.4. The van der Waals surface area contributed by atoms with Crippen molar-refractivity contribution in [1.29, 1.82) is 0 Å². The summed E-state index contributed by atoms with van der Waals surface area (Å²) in [5.41, 5.74) is 1.73. The summed E-state index contributed by atoms with van der Waals surface area (Å²) in [7, 11) is 0. The first-order chi connectivity index (χ1) is 14.9. The Bertz CT molecular complexity index is 1140. The fraction of sp³-hybridized carbons (Fsp3) is 0.192. The molecule has 0 saturated carbocycles. The van der Waals surface area contributed by atoms with Crippen molar-refractivity contribution in [1.82, 2.24) is 0 Å². The predicted molar refractivity (Wildman–Crippen MR) is 119 cm³/mol. The highest BCUT2D eigenvalue weighted by atomic mass is 19.4. The van der Waals surface area contributed by atoms with Gasteiger partial charge < -0.3 is 9.84 Å². The molecule has 3 nitrogen and oxygen atoms in total. The number of alkyl halides is 3. The van der Waals surface area contributed by atoms with E-state index in [1.807, 2.05) is 24.3 Å². The smallest absolute Gasteiger partial charge is 0.416 e. The summed E-state index contributed by atoms with van der Waals surface area (Å²) in [6.45, 7) is 6.28. The van der Waals surface area contributed by atoms with Crippen molar-refractivity contribution < 1.29 is 27.8 Å². The minimum Gasteiger partial charge on any atom is -0.478 e. The van der Waals surface area contributed by atoms with E-state index < -0.39 is 17.7 Å². The molecule has 3 aromatic rings. The molecule has 0 amide bonds. The van der Waals surface area contributed by atoms with Gasteiger partial charge in [-0.3, -0.25) is 0 Å². The van der Waals surface area contributed by atoms with Crippen molar-refractivity contribution in [3.63, 3.8) is 0 Å². The number of aliphatic carboxylic acids is 1. The first-order valence-electron chi connectivity index (χ1n) is 9.94. The SMILES string of the molecule is CC(C)(C)c1ccc(Oc2cc(-c3cccc(C(F)(F)F)c3)ccc2C=CC(=O)O)cc1. The van der Waals surface area contributed by atoms with Gasteiger partial charge in [-0.1, -0.05) is 57.2 Å². The Kier molecular flexibility index (Phi) is 6.44. The van der Waals surface area contributed by atoms with E-state index >= 15 is 0 Å². The molecule has 0 aliphatic heterocycles. The van der Waals surface area contributed by atoms with Gasteiger partial charge in [0.05, 0.1) is 5.56 Å². The number of halogens is 3. The number of benzene rings is 3. The van der Waals surface area contributed by atoms with Gasteiger partial charge in [-0.25, -0.2) is 4.79 Å². The van der Waals surface area contributed by atoms with E-state index in [9.17, 15) is 18.0 Å². The first kappa shape index (κ1) is 23.1. The van der Waals surface area contributed by atoms with Crippen molar-refractivity contribution in [2.75, 3.05) is 0 Å². The van der Waals surface area contributed by atoms with Crippen LogP contribution >= 0.6 is 0 Å². The molecule has 1 N–H and O–H groups in total. The summed E-state index contributed by atoms with van der Waals surface area (Å²) >= 11 is 0. The largest absolute Gasteiger partial charge is 0.478 e. The lowest BCUT2D eigenvalue weighted by Gasteiger charge is -2.19. The maximum absolute atomic E-state index is 13.1. The molecule has 6 heteroatoms. The number of carboxylic acid groups (broad SMARTS) is 1.